The van der Waals surface area contributed by atoms with Crippen LogP contribution in [0.1, 0.15) is 32.8 Å². The lowest BCUT2D eigenvalue weighted by Gasteiger charge is -2.32. The largest absolute Gasteiger partial charge is 0.370 e. The molecule has 0 bridgehead atoms. The Labute approximate surface area is 115 Å². The Morgan fingerprint density at radius 3 is 2.78 bits per heavy atom. The maximum absolute atomic E-state index is 6.23. The van der Waals surface area contributed by atoms with Gasteiger partial charge in [-0.3, -0.25) is 0 Å². The summed E-state index contributed by atoms with van der Waals surface area (Å²) in [6.07, 6.45) is 1.16. The molecule has 0 amide bonds. The highest BCUT2D eigenvalue weighted by Gasteiger charge is 2.27. The third kappa shape index (κ3) is 3.18. The van der Waals surface area contributed by atoms with Gasteiger partial charge in [-0.25, -0.2) is 0 Å². The van der Waals surface area contributed by atoms with Crippen molar-refractivity contribution in [3.05, 3.63) is 28.8 Å². The van der Waals surface area contributed by atoms with E-state index < -0.39 is 0 Å². The molecule has 0 aromatic heterocycles. The van der Waals surface area contributed by atoms with Gasteiger partial charge in [0.25, 0.3) is 0 Å². The van der Waals surface area contributed by atoms with E-state index in [2.05, 4.69) is 49.2 Å². The average molecular weight is 267 g/mol. The van der Waals surface area contributed by atoms with Gasteiger partial charge in [0.2, 0.25) is 0 Å². The fraction of sp³-hybridized carbons (Fsp3) is 0.600. The lowest BCUT2D eigenvalue weighted by Crippen LogP contribution is -2.48. The molecule has 2 rings (SSSR count). The first-order valence-electron chi connectivity index (χ1n) is 6.66. The van der Waals surface area contributed by atoms with Gasteiger partial charge in [0.05, 0.1) is 0 Å². The maximum atomic E-state index is 6.23. The molecule has 1 aliphatic heterocycles. The minimum absolute atomic E-state index is 0.132. The zero-order valence-electron chi connectivity index (χ0n) is 11.8. The molecule has 0 saturated carbocycles. The number of halogens is 1. The standard InChI is InChI=1S/C15H23ClN2/c1-11-5-6-13(9-14(11)16)18-8-7-12(2)17-15(3,4)10-18/h5-6,9,12,17H,7-8,10H2,1-4H3. The van der Waals surface area contributed by atoms with E-state index in [0.717, 1.165) is 30.1 Å². The molecule has 3 heteroatoms. The van der Waals surface area contributed by atoms with E-state index in [-0.39, 0.29) is 5.54 Å². The van der Waals surface area contributed by atoms with Crippen LogP contribution in [0, 0.1) is 6.92 Å². The van der Waals surface area contributed by atoms with E-state index in [1.165, 1.54) is 5.69 Å². The molecule has 0 spiro atoms. The van der Waals surface area contributed by atoms with Crippen LogP contribution in [0.3, 0.4) is 0 Å². The summed E-state index contributed by atoms with van der Waals surface area (Å²) in [7, 11) is 0. The quantitative estimate of drug-likeness (QED) is 0.835. The van der Waals surface area contributed by atoms with Gasteiger partial charge in [-0.05, 0) is 51.8 Å². The zero-order chi connectivity index (χ0) is 13.3. The molecule has 1 heterocycles. The van der Waals surface area contributed by atoms with Crippen LogP contribution in [0.2, 0.25) is 5.02 Å². The highest BCUT2D eigenvalue weighted by Crippen LogP contribution is 2.26. The fourth-order valence-electron chi connectivity index (χ4n) is 2.69. The SMILES string of the molecule is Cc1ccc(N2CCC(C)NC(C)(C)C2)cc1Cl. The Morgan fingerprint density at radius 2 is 2.11 bits per heavy atom. The van der Waals surface area contributed by atoms with E-state index in [0.29, 0.717) is 6.04 Å². The summed E-state index contributed by atoms with van der Waals surface area (Å²) in [5, 5.41) is 4.53. The maximum Gasteiger partial charge on any atom is 0.0455 e. The number of hydrogen-bond acceptors (Lipinski definition) is 2. The van der Waals surface area contributed by atoms with Crippen LogP contribution in [-0.4, -0.2) is 24.7 Å². The van der Waals surface area contributed by atoms with Gasteiger partial charge < -0.3 is 10.2 Å². The second kappa shape index (κ2) is 5.10. The molecular weight excluding hydrogens is 244 g/mol. The lowest BCUT2D eigenvalue weighted by molar-refractivity contribution is 0.368. The summed E-state index contributed by atoms with van der Waals surface area (Å²) in [5.41, 5.74) is 2.50. The molecule has 1 aromatic rings. The van der Waals surface area contributed by atoms with Crippen molar-refractivity contribution in [1.29, 1.82) is 0 Å². The van der Waals surface area contributed by atoms with Gasteiger partial charge in [-0.1, -0.05) is 17.7 Å². The Hall–Kier alpha value is -0.730. The zero-order valence-corrected chi connectivity index (χ0v) is 12.5. The van der Waals surface area contributed by atoms with Gasteiger partial charge in [0, 0.05) is 35.4 Å². The summed E-state index contributed by atoms with van der Waals surface area (Å²) in [4.78, 5) is 2.43. The van der Waals surface area contributed by atoms with Gasteiger partial charge in [0.15, 0.2) is 0 Å². The van der Waals surface area contributed by atoms with Crippen LogP contribution in [-0.2, 0) is 0 Å². The summed E-state index contributed by atoms with van der Waals surface area (Å²) in [6, 6.07) is 6.92. The predicted molar refractivity (Wildman–Crippen MR) is 79.7 cm³/mol. The molecule has 2 nitrogen and oxygen atoms in total. The van der Waals surface area contributed by atoms with Crippen LogP contribution in [0.5, 0.6) is 0 Å². The van der Waals surface area contributed by atoms with Gasteiger partial charge >= 0.3 is 0 Å². The topological polar surface area (TPSA) is 15.3 Å². The van der Waals surface area contributed by atoms with E-state index >= 15 is 0 Å². The number of hydrogen-bond donors (Lipinski definition) is 1. The molecule has 18 heavy (non-hydrogen) atoms. The summed E-state index contributed by atoms with van der Waals surface area (Å²) >= 11 is 6.23. The summed E-state index contributed by atoms with van der Waals surface area (Å²) < 4.78 is 0. The minimum atomic E-state index is 0.132. The monoisotopic (exact) mass is 266 g/mol. The second-order valence-corrected chi connectivity index (χ2v) is 6.48. The Morgan fingerprint density at radius 1 is 1.39 bits per heavy atom. The van der Waals surface area contributed by atoms with Crippen molar-refractivity contribution >= 4 is 17.3 Å². The van der Waals surface area contributed by atoms with Crippen molar-refractivity contribution in [3.8, 4) is 0 Å². The fourth-order valence-corrected chi connectivity index (χ4v) is 2.86. The van der Waals surface area contributed by atoms with E-state index in [9.17, 15) is 0 Å². The Balaban J connectivity index is 2.23. The normalized spacial score (nSPS) is 23.8. The second-order valence-electron chi connectivity index (χ2n) is 6.07. The smallest absolute Gasteiger partial charge is 0.0455 e. The summed E-state index contributed by atoms with van der Waals surface area (Å²) in [5.74, 6) is 0. The van der Waals surface area contributed by atoms with Gasteiger partial charge in [-0.2, -0.15) is 0 Å². The Kier molecular flexibility index (Phi) is 3.88. The van der Waals surface area contributed by atoms with Gasteiger partial charge in [0.1, 0.15) is 0 Å². The first-order chi connectivity index (χ1) is 8.37. The highest BCUT2D eigenvalue weighted by atomic mass is 35.5. The number of nitrogens with zero attached hydrogens (tertiary/aromatic N) is 1. The molecule has 100 valence electrons. The van der Waals surface area contributed by atoms with Crippen LogP contribution in [0.15, 0.2) is 18.2 Å². The predicted octanol–water partition coefficient (Wildman–Crippen LogP) is 3.62. The molecule has 0 radical (unpaired) electrons. The van der Waals surface area contributed by atoms with Crippen molar-refractivity contribution in [2.24, 2.45) is 0 Å². The number of nitrogens with one attached hydrogen (secondary N) is 1. The van der Waals surface area contributed by atoms with Crippen molar-refractivity contribution in [2.45, 2.75) is 45.7 Å². The Bertz CT molecular complexity index is 429. The van der Waals surface area contributed by atoms with E-state index in [4.69, 9.17) is 11.6 Å². The molecule has 1 N–H and O–H groups in total. The molecule has 1 aromatic carbocycles. The van der Waals surface area contributed by atoms with Crippen molar-refractivity contribution < 1.29 is 0 Å². The lowest BCUT2D eigenvalue weighted by atomic mass is 10.0. The number of rotatable bonds is 1. The summed E-state index contributed by atoms with van der Waals surface area (Å²) in [6.45, 7) is 10.9. The molecular formula is C15H23ClN2. The van der Waals surface area contributed by atoms with Crippen LogP contribution < -0.4 is 10.2 Å². The minimum Gasteiger partial charge on any atom is -0.370 e. The third-order valence-electron chi connectivity index (χ3n) is 3.58. The van der Waals surface area contributed by atoms with Crippen molar-refractivity contribution in [2.75, 3.05) is 18.0 Å². The number of benzene rings is 1. The van der Waals surface area contributed by atoms with Gasteiger partial charge in [-0.15, -0.1) is 0 Å². The number of aryl methyl sites for hydroxylation is 1. The third-order valence-corrected chi connectivity index (χ3v) is 3.98. The average Bonchev–Trinajstić information content (AvgIpc) is 2.40. The molecule has 0 aliphatic carbocycles. The van der Waals surface area contributed by atoms with Crippen molar-refractivity contribution in [1.82, 2.24) is 5.32 Å². The van der Waals surface area contributed by atoms with Crippen molar-refractivity contribution in [3.63, 3.8) is 0 Å². The molecule has 1 unspecified atom stereocenters. The molecule has 1 fully saturated rings. The first-order valence-corrected chi connectivity index (χ1v) is 7.04. The van der Waals surface area contributed by atoms with E-state index in [1.54, 1.807) is 0 Å². The number of anilines is 1. The highest BCUT2D eigenvalue weighted by molar-refractivity contribution is 6.31. The molecule has 1 saturated heterocycles. The van der Waals surface area contributed by atoms with Crippen LogP contribution >= 0.6 is 11.6 Å². The molecule has 1 atom stereocenters. The van der Waals surface area contributed by atoms with Crippen LogP contribution in [0.4, 0.5) is 5.69 Å². The molecule has 1 aliphatic rings. The van der Waals surface area contributed by atoms with Crippen LogP contribution in [0.25, 0.3) is 0 Å². The first kappa shape index (κ1) is 13.7. The van der Waals surface area contributed by atoms with E-state index in [1.807, 2.05) is 6.92 Å².